The van der Waals surface area contributed by atoms with E-state index in [1.54, 1.807) is 6.07 Å². The van der Waals surface area contributed by atoms with Gasteiger partial charge in [-0.2, -0.15) is 5.10 Å². The minimum Gasteiger partial charge on any atom is -0.376 e. The molecule has 2 rings (SSSR count). The summed E-state index contributed by atoms with van der Waals surface area (Å²) < 4.78 is 5.32. The van der Waals surface area contributed by atoms with E-state index in [1.165, 1.54) is 18.2 Å². The smallest absolute Gasteiger partial charge is 0.329 e. The summed E-state index contributed by atoms with van der Waals surface area (Å²) in [5.41, 5.74) is 2.10. The van der Waals surface area contributed by atoms with Crippen molar-refractivity contribution >= 4 is 23.7 Å². The van der Waals surface area contributed by atoms with Crippen LogP contribution < -0.4 is 10.7 Å². The minimum atomic E-state index is -0.946. The highest BCUT2D eigenvalue weighted by Crippen LogP contribution is 2.15. The van der Waals surface area contributed by atoms with Crippen LogP contribution in [0.2, 0.25) is 0 Å². The molecule has 0 aliphatic carbocycles. The van der Waals surface area contributed by atoms with Gasteiger partial charge >= 0.3 is 11.8 Å². The topological polar surface area (TPSA) is 123 Å². The first-order chi connectivity index (χ1) is 11.1. The van der Waals surface area contributed by atoms with Gasteiger partial charge in [0.2, 0.25) is 0 Å². The maximum absolute atomic E-state index is 11.6. The molecule has 0 saturated carbocycles. The zero-order valence-corrected chi connectivity index (χ0v) is 12.2. The zero-order valence-electron chi connectivity index (χ0n) is 12.2. The van der Waals surface area contributed by atoms with E-state index in [1.807, 2.05) is 5.43 Å². The second-order valence-electron chi connectivity index (χ2n) is 4.86. The van der Waals surface area contributed by atoms with Gasteiger partial charge in [0.1, 0.15) is 0 Å². The van der Waals surface area contributed by atoms with Gasteiger partial charge in [0.05, 0.1) is 22.8 Å². The molecule has 1 aromatic rings. The number of carbonyl (C=O) groups is 2. The molecule has 1 aliphatic rings. The number of nitrogens with zero attached hydrogens (tertiary/aromatic N) is 2. The van der Waals surface area contributed by atoms with Crippen LogP contribution in [0.15, 0.2) is 29.4 Å². The summed E-state index contributed by atoms with van der Waals surface area (Å²) in [6.07, 6.45) is 2.83. The summed E-state index contributed by atoms with van der Waals surface area (Å²) in [5.74, 6) is -1.78. The lowest BCUT2D eigenvalue weighted by Crippen LogP contribution is -2.41. The summed E-state index contributed by atoms with van der Waals surface area (Å²) in [4.78, 5) is 33.4. The number of carbonyl (C=O) groups excluding carboxylic acids is 2. The third-order valence-electron chi connectivity index (χ3n) is 3.22. The summed E-state index contributed by atoms with van der Waals surface area (Å²) in [5, 5.41) is 16.8. The van der Waals surface area contributed by atoms with Gasteiger partial charge in [-0.25, -0.2) is 5.43 Å². The van der Waals surface area contributed by atoms with E-state index in [-0.39, 0.29) is 23.9 Å². The molecular weight excluding hydrogens is 304 g/mol. The lowest BCUT2D eigenvalue weighted by atomic mass is 10.2. The number of amides is 2. The van der Waals surface area contributed by atoms with E-state index in [0.717, 1.165) is 19.1 Å². The van der Waals surface area contributed by atoms with Gasteiger partial charge in [-0.15, -0.1) is 0 Å². The van der Waals surface area contributed by atoms with Crippen LogP contribution in [0, 0.1) is 10.1 Å². The van der Waals surface area contributed by atoms with Gasteiger partial charge in [0.25, 0.3) is 5.69 Å². The Bertz CT molecular complexity index is 625. The number of nitro benzene ring substituents is 1. The third-order valence-corrected chi connectivity index (χ3v) is 3.22. The number of nitro groups is 1. The second-order valence-corrected chi connectivity index (χ2v) is 4.86. The number of rotatable bonds is 5. The molecule has 1 heterocycles. The molecule has 0 radical (unpaired) electrons. The Morgan fingerprint density at radius 3 is 2.87 bits per heavy atom. The summed E-state index contributed by atoms with van der Waals surface area (Å²) in [7, 11) is 0. The number of benzene rings is 1. The van der Waals surface area contributed by atoms with Crippen molar-refractivity contribution in [3.05, 3.63) is 39.9 Å². The zero-order chi connectivity index (χ0) is 16.7. The number of hydrogen-bond donors (Lipinski definition) is 2. The van der Waals surface area contributed by atoms with Crippen LogP contribution in [0.5, 0.6) is 0 Å². The van der Waals surface area contributed by atoms with E-state index >= 15 is 0 Å². The first-order valence-corrected chi connectivity index (χ1v) is 7.04. The van der Waals surface area contributed by atoms with E-state index in [0.29, 0.717) is 6.61 Å². The van der Waals surface area contributed by atoms with Crippen LogP contribution >= 0.6 is 0 Å². The van der Waals surface area contributed by atoms with Gasteiger partial charge < -0.3 is 10.1 Å². The summed E-state index contributed by atoms with van der Waals surface area (Å²) in [6.45, 7) is 0.924. The van der Waals surface area contributed by atoms with E-state index in [2.05, 4.69) is 10.4 Å². The molecule has 0 bridgehead atoms. The lowest BCUT2D eigenvalue weighted by Gasteiger charge is -2.09. The van der Waals surface area contributed by atoms with Crippen molar-refractivity contribution in [3.63, 3.8) is 0 Å². The number of ether oxygens (including phenoxy) is 1. The summed E-state index contributed by atoms with van der Waals surface area (Å²) >= 11 is 0. The van der Waals surface area contributed by atoms with Crippen molar-refractivity contribution < 1.29 is 19.2 Å². The van der Waals surface area contributed by atoms with Crippen molar-refractivity contribution in [2.45, 2.75) is 18.9 Å². The molecule has 122 valence electrons. The molecule has 0 aromatic heterocycles. The SMILES string of the molecule is O=C(NC[C@@H]1CCCO1)C(=O)N/N=C\c1ccccc1[N+](=O)[O-]. The van der Waals surface area contributed by atoms with Crippen LogP contribution in [-0.2, 0) is 14.3 Å². The molecule has 9 heteroatoms. The Morgan fingerprint density at radius 1 is 1.39 bits per heavy atom. The number of hydrogen-bond acceptors (Lipinski definition) is 6. The van der Waals surface area contributed by atoms with Crippen LogP contribution in [0.1, 0.15) is 18.4 Å². The summed E-state index contributed by atoms with van der Waals surface area (Å²) in [6, 6.07) is 5.92. The van der Waals surface area contributed by atoms with Crippen LogP contribution in [0.3, 0.4) is 0 Å². The predicted octanol–water partition coefficient (Wildman–Crippen LogP) is 0.340. The van der Waals surface area contributed by atoms with Crippen molar-refractivity contribution in [1.29, 1.82) is 0 Å². The standard InChI is InChI=1S/C14H16N4O5/c19-13(15-9-11-5-3-7-23-11)14(20)17-16-8-10-4-1-2-6-12(10)18(21)22/h1-2,4,6,8,11H,3,5,7,9H2,(H,15,19)(H,17,20)/b16-8-/t11-/m0/s1. The van der Waals surface area contributed by atoms with Crippen molar-refractivity contribution in [2.75, 3.05) is 13.2 Å². The van der Waals surface area contributed by atoms with Gasteiger partial charge in [0, 0.05) is 19.2 Å². The molecule has 1 aromatic carbocycles. The highest BCUT2D eigenvalue weighted by molar-refractivity contribution is 6.35. The molecule has 1 fully saturated rings. The third kappa shape index (κ3) is 4.85. The molecule has 2 N–H and O–H groups in total. The first-order valence-electron chi connectivity index (χ1n) is 7.04. The van der Waals surface area contributed by atoms with Crippen molar-refractivity contribution in [2.24, 2.45) is 5.10 Å². The molecule has 9 nitrogen and oxygen atoms in total. The number of hydrazone groups is 1. The average Bonchev–Trinajstić information content (AvgIpc) is 3.06. The fraction of sp³-hybridized carbons (Fsp3) is 0.357. The largest absolute Gasteiger partial charge is 0.376 e. The Balaban J connectivity index is 1.83. The lowest BCUT2D eigenvalue weighted by molar-refractivity contribution is -0.385. The Labute approximate surface area is 131 Å². The van der Waals surface area contributed by atoms with Gasteiger partial charge in [-0.05, 0) is 18.9 Å². The quantitative estimate of drug-likeness (QED) is 0.350. The fourth-order valence-corrected chi connectivity index (χ4v) is 2.07. The van der Waals surface area contributed by atoms with Gasteiger partial charge in [-0.3, -0.25) is 19.7 Å². The molecule has 1 aliphatic heterocycles. The highest BCUT2D eigenvalue weighted by Gasteiger charge is 2.19. The van der Waals surface area contributed by atoms with Crippen LogP contribution in [0.25, 0.3) is 0 Å². The number of nitrogens with one attached hydrogen (secondary N) is 2. The normalized spacial score (nSPS) is 17.1. The molecule has 23 heavy (non-hydrogen) atoms. The fourth-order valence-electron chi connectivity index (χ4n) is 2.07. The minimum absolute atomic E-state index is 0.0674. The Kier molecular flexibility index (Phi) is 5.75. The Morgan fingerprint density at radius 2 is 2.17 bits per heavy atom. The monoisotopic (exact) mass is 320 g/mol. The molecule has 0 spiro atoms. The first kappa shape index (κ1) is 16.6. The van der Waals surface area contributed by atoms with Crippen LogP contribution in [-0.4, -0.2) is 42.2 Å². The molecule has 1 saturated heterocycles. The van der Waals surface area contributed by atoms with Crippen molar-refractivity contribution in [3.8, 4) is 0 Å². The maximum atomic E-state index is 11.6. The average molecular weight is 320 g/mol. The molecule has 1 atom stereocenters. The van der Waals surface area contributed by atoms with E-state index < -0.39 is 16.7 Å². The number of para-hydroxylation sites is 1. The predicted molar refractivity (Wildman–Crippen MR) is 80.8 cm³/mol. The molecule has 2 amide bonds. The second kappa shape index (κ2) is 7.99. The van der Waals surface area contributed by atoms with Crippen molar-refractivity contribution in [1.82, 2.24) is 10.7 Å². The highest BCUT2D eigenvalue weighted by atomic mass is 16.6. The van der Waals surface area contributed by atoms with Gasteiger partial charge in [0.15, 0.2) is 0 Å². The molecule has 0 unspecified atom stereocenters. The van der Waals surface area contributed by atoms with Gasteiger partial charge in [-0.1, -0.05) is 12.1 Å². The molecular formula is C14H16N4O5. The maximum Gasteiger partial charge on any atom is 0.329 e. The van der Waals surface area contributed by atoms with E-state index in [9.17, 15) is 19.7 Å². The van der Waals surface area contributed by atoms with E-state index in [4.69, 9.17) is 4.74 Å². The Hall–Kier alpha value is -2.81. The van der Waals surface area contributed by atoms with Crippen LogP contribution in [0.4, 0.5) is 5.69 Å².